The molecule has 0 aliphatic rings. The monoisotopic (exact) mass is 294 g/mol. The molecule has 0 saturated carbocycles. The van der Waals surface area contributed by atoms with Crippen LogP contribution in [-0.4, -0.2) is 29.8 Å². The number of aliphatic carboxylic acids is 1. The summed E-state index contributed by atoms with van der Waals surface area (Å²) in [6.45, 7) is 5.44. The standard InChI is InChI=1S/C15H22N2O4/c1-10-9-11(21-4)5-6-12(10)16-14(20)17-15(2,3)8-7-13(18)19/h5-6,9H,7-8H2,1-4H3,(H,18,19)(H2,16,17,20). The fourth-order valence-electron chi connectivity index (χ4n) is 1.85. The molecule has 6 nitrogen and oxygen atoms in total. The molecule has 0 heterocycles. The first-order chi connectivity index (χ1) is 9.73. The third-order valence-electron chi connectivity index (χ3n) is 3.10. The average Bonchev–Trinajstić information content (AvgIpc) is 2.38. The SMILES string of the molecule is COc1ccc(NC(=O)NC(C)(C)CCC(=O)O)c(C)c1. The van der Waals surface area contributed by atoms with Gasteiger partial charge < -0.3 is 20.5 Å². The van der Waals surface area contributed by atoms with Crippen molar-refractivity contribution in [3.63, 3.8) is 0 Å². The number of methoxy groups -OCH3 is 1. The van der Waals surface area contributed by atoms with E-state index < -0.39 is 11.5 Å². The summed E-state index contributed by atoms with van der Waals surface area (Å²) in [4.78, 5) is 22.6. The van der Waals surface area contributed by atoms with Crippen LogP contribution in [-0.2, 0) is 4.79 Å². The van der Waals surface area contributed by atoms with Crippen LogP contribution in [0.3, 0.4) is 0 Å². The van der Waals surface area contributed by atoms with Crippen molar-refractivity contribution in [1.29, 1.82) is 0 Å². The van der Waals surface area contributed by atoms with E-state index in [0.29, 0.717) is 12.1 Å². The zero-order valence-electron chi connectivity index (χ0n) is 12.8. The second-order valence-electron chi connectivity index (χ2n) is 5.54. The van der Waals surface area contributed by atoms with Gasteiger partial charge in [0, 0.05) is 17.6 Å². The smallest absolute Gasteiger partial charge is 0.319 e. The molecule has 0 aromatic heterocycles. The number of carbonyl (C=O) groups is 2. The van der Waals surface area contributed by atoms with Crippen molar-refractivity contribution in [2.45, 2.75) is 39.2 Å². The summed E-state index contributed by atoms with van der Waals surface area (Å²) in [7, 11) is 1.58. The van der Waals surface area contributed by atoms with Crippen LogP contribution in [0.2, 0.25) is 0 Å². The van der Waals surface area contributed by atoms with Crippen LogP contribution >= 0.6 is 0 Å². The van der Waals surface area contributed by atoms with E-state index in [1.54, 1.807) is 33.1 Å². The summed E-state index contributed by atoms with van der Waals surface area (Å²) in [5.41, 5.74) is 0.971. The van der Waals surface area contributed by atoms with E-state index in [9.17, 15) is 9.59 Å². The molecule has 1 aromatic carbocycles. The molecule has 0 unspecified atom stereocenters. The van der Waals surface area contributed by atoms with Gasteiger partial charge in [-0.2, -0.15) is 0 Å². The van der Waals surface area contributed by atoms with Gasteiger partial charge >= 0.3 is 12.0 Å². The fourth-order valence-corrected chi connectivity index (χ4v) is 1.85. The average molecular weight is 294 g/mol. The van der Waals surface area contributed by atoms with Crippen molar-refractivity contribution in [2.75, 3.05) is 12.4 Å². The zero-order chi connectivity index (χ0) is 16.0. The normalized spacial score (nSPS) is 10.9. The molecule has 116 valence electrons. The molecule has 0 radical (unpaired) electrons. The van der Waals surface area contributed by atoms with Gasteiger partial charge in [0.15, 0.2) is 0 Å². The van der Waals surface area contributed by atoms with E-state index in [0.717, 1.165) is 11.3 Å². The van der Waals surface area contributed by atoms with Gasteiger partial charge in [0.1, 0.15) is 5.75 Å². The first-order valence-electron chi connectivity index (χ1n) is 6.69. The van der Waals surface area contributed by atoms with Crippen molar-refractivity contribution in [1.82, 2.24) is 5.32 Å². The van der Waals surface area contributed by atoms with Gasteiger partial charge in [-0.3, -0.25) is 4.79 Å². The van der Waals surface area contributed by atoms with E-state index in [1.807, 2.05) is 13.0 Å². The number of benzene rings is 1. The number of amides is 2. The Morgan fingerprint density at radius 3 is 2.52 bits per heavy atom. The number of carboxylic acids is 1. The predicted molar refractivity (Wildman–Crippen MR) is 80.8 cm³/mol. The summed E-state index contributed by atoms with van der Waals surface area (Å²) < 4.78 is 5.11. The van der Waals surface area contributed by atoms with E-state index in [1.165, 1.54) is 0 Å². The minimum atomic E-state index is -0.878. The Hall–Kier alpha value is -2.24. The van der Waals surface area contributed by atoms with Gasteiger partial charge in [-0.15, -0.1) is 0 Å². The largest absolute Gasteiger partial charge is 0.497 e. The number of carbonyl (C=O) groups excluding carboxylic acids is 1. The maximum Gasteiger partial charge on any atom is 0.319 e. The Balaban J connectivity index is 2.63. The number of anilines is 1. The number of urea groups is 1. The van der Waals surface area contributed by atoms with Crippen molar-refractivity contribution in [2.24, 2.45) is 0 Å². The highest BCUT2D eigenvalue weighted by molar-refractivity contribution is 5.90. The number of ether oxygens (including phenoxy) is 1. The highest BCUT2D eigenvalue weighted by Gasteiger charge is 2.21. The second-order valence-corrected chi connectivity index (χ2v) is 5.54. The lowest BCUT2D eigenvalue weighted by atomic mass is 9.99. The summed E-state index contributed by atoms with van der Waals surface area (Å²) in [5, 5.41) is 14.2. The van der Waals surface area contributed by atoms with E-state index in [2.05, 4.69) is 10.6 Å². The molecule has 1 aromatic rings. The van der Waals surface area contributed by atoms with Crippen LogP contribution in [0.25, 0.3) is 0 Å². The lowest BCUT2D eigenvalue weighted by Crippen LogP contribution is -2.45. The van der Waals surface area contributed by atoms with Crippen molar-refractivity contribution in [3.8, 4) is 5.75 Å². The summed E-state index contributed by atoms with van der Waals surface area (Å²) in [5.74, 6) is -0.156. The molecule has 2 amide bonds. The second kappa shape index (κ2) is 6.97. The van der Waals surface area contributed by atoms with Gasteiger partial charge in [0.05, 0.1) is 7.11 Å². The molecular formula is C15H22N2O4. The lowest BCUT2D eigenvalue weighted by Gasteiger charge is -2.26. The summed E-state index contributed by atoms with van der Waals surface area (Å²) in [6, 6.07) is 4.99. The molecule has 21 heavy (non-hydrogen) atoms. The Morgan fingerprint density at radius 2 is 2.00 bits per heavy atom. The molecule has 6 heteroatoms. The van der Waals surface area contributed by atoms with Crippen LogP contribution in [0.15, 0.2) is 18.2 Å². The molecule has 0 spiro atoms. The van der Waals surface area contributed by atoms with E-state index in [4.69, 9.17) is 9.84 Å². The third kappa shape index (κ3) is 5.72. The summed E-state index contributed by atoms with van der Waals surface area (Å²) in [6.07, 6.45) is 0.367. The fraction of sp³-hybridized carbons (Fsp3) is 0.467. The minimum Gasteiger partial charge on any atom is -0.497 e. The Labute approximate surface area is 124 Å². The Bertz CT molecular complexity index is 526. The van der Waals surface area contributed by atoms with Gasteiger partial charge in [-0.05, 0) is 51.0 Å². The third-order valence-corrected chi connectivity index (χ3v) is 3.10. The highest BCUT2D eigenvalue weighted by atomic mass is 16.5. The number of nitrogens with one attached hydrogen (secondary N) is 2. The lowest BCUT2D eigenvalue weighted by molar-refractivity contribution is -0.137. The molecule has 0 atom stereocenters. The van der Waals surface area contributed by atoms with Gasteiger partial charge in [-0.25, -0.2) is 4.79 Å². The zero-order valence-corrected chi connectivity index (χ0v) is 12.8. The van der Waals surface area contributed by atoms with Crippen LogP contribution in [0.4, 0.5) is 10.5 Å². The molecular weight excluding hydrogens is 272 g/mol. The number of hydrogen-bond donors (Lipinski definition) is 3. The molecule has 0 aliphatic heterocycles. The number of hydrogen-bond acceptors (Lipinski definition) is 3. The molecule has 0 fully saturated rings. The van der Waals surface area contributed by atoms with Crippen LogP contribution in [0.1, 0.15) is 32.3 Å². The number of carboxylic acid groups (broad SMARTS) is 1. The van der Waals surface area contributed by atoms with Crippen LogP contribution in [0, 0.1) is 6.92 Å². The van der Waals surface area contributed by atoms with Gasteiger partial charge in [0.2, 0.25) is 0 Å². The topological polar surface area (TPSA) is 87.7 Å². The first kappa shape index (κ1) is 16.8. The maximum atomic E-state index is 12.0. The molecule has 0 aliphatic carbocycles. The highest BCUT2D eigenvalue weighted by Crippen LogP contribution is 2.21. The van der Waals surface area contributed by atoms with E-state index >= 15 is 0 Å². The van der Waals surface area contributed by atoms with Crippen LogP contribution < -0.4 is 15.4 Å². The maximum absolute atomic E-state index is 12.0. The molecule has 0 saturated heterocycles. The quantitative estimate of drug-likeness (QED) is 0.752. The number of rotatable bonds is 6. The van der Waals surface area contributed by atoms with Crippen molar-refractivity contribution >= 4 is 17.7 Å². The Kier molecular flexibility index (Phi) is 5.58. The molecule has 1 rings (SSSR count). The van der Waals surface area contributed by atoms with Crippen LogP contribution in [0.5, 0.6) is 5.75 Å². The van der Waals surface area contributed by atoms with Gasteiger partial charge in [0.25, 0.3) is 0 Å². The first-order valence-corrected chi connectivity index (χ1v) is 6.69. The number of aryl methyl sites for hydroxylation is 1. The van der Waals surface area contributed by atoms with Crippen molar-refractivity contribution < 1.29 is 19.4 Å². The Morgan fingerprint density at radius 1 is 1.33 bits per heavy atom. The minimum absolute atomic E-state index is 0.00877. The predicted octanol–water partition coefficient (Wildman–Crippen LogP) is 2.77. The van der Waals surface area contributed by atoms with E-state index in [-0.39, 0.29) is 12.5 Å². The summed E-state index contributed by atoms with van der Waals surface area (Å²) >= 11 is 0. The van der Waals surface area contributed by atoms with Crippen molar-refractivity contribution in [3.05, 3.63) is 23.8 Å². The molecule has 0 bridgehead atoms. The van der Waals surface area contributed by atoms with Gasteiger partial charge in [-0.1, -0.05) is 0 Å². The molecule has 3 N–H and O–H groups in total.